The van der Waals surface area contributed by atoms with Crippen LogP contribution in [-0.2, 0) is 17.6 Å². The number of hydrogen-bond acceptors (Lipinski definition) is 7. The van der Waals surface area contributed by atoms with Gasteiger partial charge < -0.3 is 10.5 Å². The quantitative estimate of drug-likeness (QED) is 0.448. The fourth-order valence-corrected chi connectivity index (χ4v) is 5.89. The lowest BCUT2D eigenvalue weighted by Crippen LogP contribution is -2.39. The Labute approximate surface area is 186 Å². The third-order valence-corrected chi connectivity index (χ3v) is 7.42. The Balaban J connectivity index is 1.87. The number of fused-ring (bicyclic) bond motifs is 3. The summed E-state index contributed by atoms with van der Waals surface area (Å²) in [5.41, 5.74) is 6.64. The molecule has 1 aliphatic carbocycles. The SMILES string of the molecule is COc1ccc(-n2c(S[C@@H](C)C(=O)NC(N)=O)nc3sc4c(c3c2=O)CCCC4)cc1. The van der Waals surface area contributed by atoms with Crippen LogP contribution < -0.4 is 21.3 Å². The van der Waals surface area contributed by atoms with Gasteiger partial charge in [0.15, 0.2) is 5.16 Å². The molecular formula is C21H22N4O4S2. The number of nitrogens with two attached hydrogens (primary N) is 1. The van der Waals surface area contributed by atoms with Crippen LogP contribution in [0.1, 0.15) is 30.2 Å². The molecule has 2 aromatic heterocycles. The Morgan fingerprint density at radius 3 is 2.65 bits per heavy atom. The monoisotopic (exact) mass is 458 g/mol. The van der Waals surface area contributed by atoms with Crippen molar-refractivity contribution in [1.82, 2.24) is 14.9 Å². The second kappa shape index (κ2) is 8.72. The summed E-state index contributed by atoms with van der Waals surface area (Å²) in [6, 6.07) is 6.19. The highest BCUT2D eigenvalue weighted by molar-refractivity contribution is 8.00. The first-order valence-corrected chi connectivity index (χ1v) is 11.6. The molecule has 1 aliphatic rings. The van der Waals surface area contributed by atoms with Crippen molar-refractivity contribution in [2.75, 3.05) is 7.11 Å². The van der Waals surface area contributed by atoms with Crippen LogP contribution in [0.15, 0.2) is 34.2 Å². The molecule has 0 spiro atoms. The number of nitrogens with one attached hydrogen (secondary N) is 1. The number of carbonyl (C=O) groups excluding carboxylic acids is 2. The summed E-state index contributed by atoms with van der Waals surface area (Å²) in [7, 11) is 1.58. The number of benzene rings is 1. The van der Waals surface area contributed by atoms with Gasteiger partial charge in [0.1, 0.15) is 10.6 Å². The molecule has 0 fully saturated rings. The van der Waals surface area contributed by atoms with Crippen LogP contribution in [0.3, 0.4) is 0 Å². The van der Waals surface area contributed by atoms with E-state index in [0.29, 0.717) is 26.8 Å². The highest BCUT2D eigenvalue weighted by Crippen LogP contribution is 2.36. The maximum absolute atomic E-state index is 13.7. The summed E-state index contributed by atoms with van der Waals surface area (Å²) in [6.07, 6.45) is 4.00. The molecule has 162 valence electrons. The number of thiophene rings is 1. The number of aryl methyl sites for hydroxylation is 2. The molecule has 8 nitrogen and oxygen atoms in total. The van der Waals surface area contributed by atoms with E-state index in [1.54, 1.807) is 49.6 Å². The van der Waals surface area contributed by atoms with Gasteiger partial charge in [0, 0.05) is 4.88 Å². The van der Waals surface area contributed by atoms with Gasteiger partial charge in [-0.15, -0.1) is 11.3 Å². The Kier molecular flexibility index (Phi) is 6.01. The predicted octanol–water partition coefficient (Wildman–Crippen LogP) is 3.01. The number of thioether (sulfide) groups is 1. The standard InChI is InChI=1S/C21H22N4O4S2/c1-11(17(26)23-20(22)28)30-21-24-18-16(14-5-3-4-6-15(14)31-18)19(27)25(21)12-7-9-13(29-2)10-8-12/h7-11H,3-6H2,1-2H3,(H3,22,23,26,28)/t11-/m0/s1. The number of aromatic nitrogens is 2. The predicted molar refractivity (Wildman–Crippen MR) is 121 cm³/mol. The summed E-state index contributed by atoms with van der Waals surface area (Å²) in [4.78, 5) is 43.7. The van der Waals surface area contributed by atoms with Crippen LogP contribution in [0.25, 0.3) is 15.9 Å². The van der Waals surface area contributed by atoms with Crippen molar-refractivity contribution in [3.05, 3.63) is 45.1 Å². The van der Waals surface area contributed by atoms with E-state index in [4.69, 9.17) is 15.5 Å². The molecule has 0 bridgehead atoms. The number of amides is 3. The summed E-state index contributed by atoms with van der Waals surface area (Å²) < 4.78 is 6.76. The molecule has 0 unspecified atom stereocenters. The second-order valence-corrected chi connectivity index (χ2v) is 9.63. The van der Waals surface area contributed by atoms with Gasteiger partial charge in [-0.25, -0.2) is 9.78 Å². The summed E-state index contributed by atoms with van der Waals surface area (Å²) in [5.74, 6) is 0.126. The number of ether oxygens (including phenoxy) is 1. The average molecular weight is 459 g/mol. The number of primary amides is 1. The van der Waals surface area contributed by atoms with E-state index in [0.717, 1.165) is 43.0 Å². The van der Waals surface area contributed by atoms with Gasteiger partial charge in [0.2, 0.25) is 5.91 Å². The van der Waals surface area contributed by atoms with Gasteiger partial charge in [-0.05, 0) is 62.4 Å². The maximum atomic E-state index is 13.7. The van der Waals surface area contributed by atoms with Crippen LogP contribution in [0.2, 0.25) is 0 Å². The van der Waals surface area contributed by atoms with E-state index < -0.39 is 17.2 Å². The van der Waals surface area contributed by atoms with E-state index in [9.17, 15) is 14.4 Å². The molecule has 0 aliphatic heterocycles. The Morgan fingerprint density at radius 2 is 1.97 bits per heavy atom. The van der Waals surface area contributed by atoms with Gasteiger partial charge in [-0.3, -0.25) is 19.5 Å². The first-order chi connectivity index (χ1) is 14.9. The zero-order valence-corrected chi connectivity index (χ0v) is 18.8. The van der Waals surface area contributed by atoms with Crippen molar-refractivity contribution in [1.29, 1.82) is 0 Å². The van der Waals surface area contributed by atoms with Crippen molar-refractivity contribution < 1.29 is 14.3 Å². The van der Waals surface area contributed by atoms with Gasteiger partial charge >= 0.3 is 6.03 Å². The van der Waals surface area contributed by atoms with Crippen molar-refractivity contribution in [3.63, 3.8) is 0 Å². The number of carbonyl (C=O) groups is 2. The zero-order valence-electron chi connectivity index (χ0n) is 17.1. The Morgan fingerprint density at radius 1 is 1.26 bits per heavy atom. The third kappa shape index (κ3) is 4.17. The molecule has 31 heavy (non-hydrogen) atoms. The molecule has 10 heteroatoms. The lowest BCUT2D eigenvalue weighted by Gasteiger charge is -2.16. The molecule has 3 amide bonds. The van der Waals surface area contributed by atoms with E-state index in [2.05, 4.69) is 5.32 Å². The van der Waals surface area contributed by atoms with Crippen LogP contribution in [-0.4, -0.2) is 33.8 Å². The molecule has 0 saturated carbocycles. The number of rotatable bonds is 5. The molecule has 0 saturated heterocycles. The highest BCUT2D eigenvalue weighted by atomic mass is 32.2. The minimum atomic E-state index is -0.917. The molecule has 1 atom stereocenters. The summed E-state index contributed by atoms with van der Waals surface area (Å²) in [5, 5.41) is 2.44. The second-order valence-electron chi connectivity index (χ2n) is 7.24. The van der Waals surface area contributed by atoms with Gasteiger partial charge in [0.25, 0.3) is 5.56 Å². The molecule has 1 aromatic carbocycles. The van der Waals surface area contributed by atoms with Gasteiger partial charge in [-0.1, -0.05) is 11.8 Å². The molecular weight excluding hydrogens is 436 g/mol. The van der Waals surface area contributed by atoms with Crippen LogP contribution >= 0.6 is 23.1 Å². The van der Waals surface area contributed by atoms with Crippen molar-refractivity contribution in [2.24, 2.45) is 5.73 Å². The van der Waals surface area contributed by atoms with E-state index in [1.165, 1.54) is 9.44 Å². The van der Waals surface area contributed by atoms with Crippen LogP contribution in [0.4, 0.5) is 4.79 Å². The lowest BCUT2D eigenvalue weighted by atomic mass is 9.97. The van der Waals surface area contributed by atoms with Crippen LogP contribution in [0, 0.1) is 0 Å². The minimum Gasteiger partial charge on any atom is -0.497 e. The van der Waals surface area contributed by atoms with Crippen molar-refractivity contribution in [2.45, 2.75) is 43.0 Å². The van der Waals surface area contributed by atoms with E-state index in [1.807, 2.05) is 0 Å². The molecule has 3 aromatic rings. The Hall–Kier alpha value is -2.85. The third-order valence-electron chi connectivity index (χ3n) is 5.19. The molecule has 0 radical (unpaired) electrons. The topological polar surface area (TPSA) is 116 Å². The molecule has 2 heterocycles. The number of hydrogen-bond donors (Lipinski definition) is 2. The van der Waals surface area contributed by atoms with E-state index >= 15 is 0 Å². The molecule has 3 N–H and O–H groups in total. The number of methoxy groups -OCH3 is 1. The minimum absolute atomic E-state index is 0.153. The lowest BCUT2D eigenvalue weighted by molar-refractivity contribution is -0.119. The van der Waals surface area contributed by atoms with Crippen LogP contribution in [0.5, 0.6) is 5.75 Å². The van der Waals surface area contributed by atoms with Crippen molar-refractivity contribution >= 4 is 45.3 Å². The van der Waals surface area contributed by atoms with Gasteiger partial charge in [-0.2, -0.15) is 0 Å². The fraction of sp³-hybridized carbons (Fsp3) is 0.333. The highest BCUT2D eigenvalue weighted by Gasteiger charge is 2.25. The van der Waals surface area contributed by atoms with E-state index in [-0.39, 0.29) is 5.56 Å². The maximum Gasteiger partial charge on any atom is 0.318 e. The fourth-order valence-electron chi connectivity index (χ4n) is 3.66. The smallest absolute Gasteiger partial charge is 0.318 e. The first-order valence-electron chi connectivity index (χ1n) is 9.87. The Bertz CT molecular complexity index is 1220. The number of nitrogens with zero attached hydrogens (tertiary/aromatic N) is 2. The summed E-state index contributed by atoms with van der Waals surface area (Å²) >= 11 is 2.66. The van der Waals surface area contributed by atoms with Gasteiger partial charge in [0.05, 0.1) is 23.4 Å². The largest absolute Gasteiger partial charge is 0.497 e. The zero-order chi connectivity index (χ0) is 22.1. The summed E-state index contributed by atoms with van der Waals surface area (Å²) in [6.45, 7) is 1.64. The number of urea groups is 1. The van der Waals surface area contributed by atoms with Crippen molar-refractivity contribution in [3.8, 4) is 11.4 Å². The number of imide groups is 1. The normalized spacial score (nSPS) is 14.1. The average Bonchev–Trinajstić information content (AvgIpc) is 3.12. The molecule has 4 rings (SSSR count). The first kappa shape index (κ1) is 21.4.